The molecule has 0 aromatic rings. The minimum atomic E-state index is 0.113. The van der Waals surface area contributed by atoms with E-state index in [1.54, 1.807) is 0 Å². The average Bonchev–Trinajstić information content (AvgIpc) is 2.26. The number of hydrogen-bond acceptors (Lipinski definition) is 3. The summed E-state index contributed by atoms with van der Waals surface area (Å²) >= 11 is 0. The Balaban J connectivity index is 4.64. The first kappa shape index (κ1) is 15.9. The van der Waals surface area contributed by atoms with Crippen LogP contribution >= 0.6 is 0 Å². The number of likely N-dealkylation sites (N-methyl/N-ethyl adjacent to an activating group) is 1. The van der Waals surface area contributed by atoms with Crippen molar-refractivity contribution in [2.45, 2.75) is 66.0 Å². The highest BCUT2D eigenvalue weighted by Crippen LogP contribution is 2.24. The molecular weight excluding hydrogens is 198 g/mol. The molecule has 0 aliphatic carbocycles. The summed E-state index contributed by atoms with van der Waals surface area (Å²) in [6.45, 7) is 15.7. The van der Waals surface area contributed by atoms with Gasteiger partial charge in [-0.1, -0.05) is 34.1 Å². The van der Waals surface area contributed by atoms with Crippen molar-refractivity contribution in [3.63, 3.8) is 0 Å². The SMILES string of the molecule is CCC(C)CC(NN)C(C)(C)N(CC)CC. The molecule has 0 heterocycles. The number of nitrogens with two attached hydrogens (primary N) is 1. The fourth-order valence-corrected chi connectivity index (χ4v) is 2.39. The van der Waals surface area contributed by atoms with Gasteiger partial charge < -0.3 is 0 Å². The van der Waals surface area contributed by atoms with Crippen molar-refractivity contribution in [1.82, 2.24) is 10.3 Å². The van der Waals surface area contributed by atoms with Gasteiger partial charge in [0, 0.05) is 11.6 Å². The van der Waals surface area contributed by atoms with Crippen LogP contribution in [0, 0.1) is 5.92 Å². The van der Waals surface area contributed by atoms with E-state index in [-0.39, 0.29) is 5.54 Å². The fourth-order valence-electron chi connectivity index (χ4n) is 2.39. The number of rotatable bonds is 8. The van der Waals surface area contributed by atoms with Crippen LogP contribution in [0.2, 0.25) is 0 Å². The summed E-state index contributed by atoms with van der Waals surface area (Å²) < 4.78 is 0. The first-order chi connectivity index (χ1) is 7.43. The molecule has 3 nitrogen and oxygen atoms in total. The topological polar surface area (TPSA) is 41.3 Å². The molecule has 0 fully saturated rings. The zero-order chi connectivity index (χ0) is 12.8. The van der Waals surface area contributed by atoms with Crippen molar-refractivity contribution in [2.24, 2.45) is 11.8 Å². The molecule has 0 aliphatic heterocycles. The summed E-state index contributed by atoms with van der Waals surface area (Å²) in [6, 6.07) is 0.349. The van der Waals surface area contributed by atoms with Crippen LogP contribution in [0.15, 0.2) is 0 Å². The van der Waals surface area contributed by atoms with E-state index in [4.69, 9.17) is 5.84 Å². The van der Waals surface area contributed by atoms with E-state index in [0.717, 1.165) is 25.4 Å². The maximum Gasteiger partial charge on any atom is 0.0391 e. The monoisotopic (exact) mass is 229 g/mol. The van der Waals surface area contributed by atoms with Crippen molar-refractivity contribution in [3.8, 4) is 0 Å². The van der Waals surface area contributed by atoms with Crippen LogP contribution in [0.4, 0.5) is 0 Å². The fraction of sp³-hybridized carbons (Fsp3) is 1.00. The van der Waals surface area contributed by atoms with Crippen LogP contribution in [-0.4, -0.2) is 29.6 Å². The first-order valence-corrected chi connectivity index (χ1v) is 6.65. The molecule has 0 saturated carbocycles. The molecule has 0 radical (unpaired) electrons. The van der Waals surface area contributed by atoms with E-state index in [1.807, 2.05) is 0 Å². The van der Waals surface area contributed by atoms with Crippen LogP contribution in [0.3, 0.4) is 0 Å². The minimum absolute atomic E-state index is 0.113. The van der Waals surface area contributed by atoms with E-state index >= 15 is 0 Å². The lowest BCUT2D eigenvalue weighted by molar-refractivity contribution is 0.0807. The Kier molecular flexibility index (Phi) is 7.20. The van der Waals surface area contributed by atoms with Crippen molar-refractivity contribution < 1.29 is 0 Å². The summed E-state index contributed by atoms with van der Waals surface area (Å²) in [5, 5.41) is 0. The molecule has 0 aromatic heterocycles. The van der Waals surface area contributed by atoms with Crippen molar-refractivity contribution >= 4 is 0 Å². The van der Waals surface area contributed by atoms with E-state index in [9.17, 15) is 0 Å². The average molecular weight is 229 g/mol. The van der Waals surface area contributed by atoms with Crippen LogP contribution in [0.5, 0.6) is 0 Å². The van der Waals surface area contributed by atoms with Gasteiger partial charge >= 0.3 is 0 Å². The molecule has 3 heteroatoms. The Morgan fingerprint density at radius 2 is 1.69 bits per heavy atom. The molecule has 0 bridgehead atoms. The van der Waals surface area contributed by atoms with Crippen LogP contribution in [-0.2, 0) is 0 Å². The van der Waals surface area contributed by atoms with E-state index in [1.165, 1.54) is 6.42 Å². The molecule has 0 saturated heterocycles. The minimum Gasteiger partial charge on any atom is -0.297 e. The predicted octanol–water partition coefficient (Wildman–Crippen LogP) is 2.37. The largest absolute Gasteiger partial charge is 0.297 e. The van der Waals surface area contributed by atoms with Crippen LogP contribution < -0.4 is 11.3 Å². The molecule has 0 rings (SSSR count). The van der Waals surface area contributed by atoms with Crippen molar-refractivity contribution in [3.05, 3.63) is 0 Å². The molecule has 0 spiro atoms. The van der Waals surface area contributed by atoms with Gasteiger partial charge in [0.05, 0.1) is 0 Å². The number of nitrogens with one attached hydrogen (secondary N) is 1. The van der Waals surface area contributed by atoms with Crippen LogP contribution in [0.25, 0.3) is 0 Å². The normalized spacial score (nSPS) is 16.5. The smallest absolute Gasteiger partial charge is 0.0391 e. The molecule has 98 valence electrons. The third-order valence-corrected chi connectivity index (χ3v) is 3.97. The van der Waals surface area contributed by atoms with Gasteiger partial charge in [0.2, 0.25) is 0 Å². The molecule has 16 heavy (non-hydrogen) atoms. The summed E-state index contributed by atoms with van der Waals surface area (Å²) in [4.78, 5) is 2.47. The van der Waals surface area contributed by atoms with E-state index in [0.29, 0.717) is 6.04 Å². The standard InChI is InChI=1S/C13H31N3/c1-7-11(4)10-12(15-14)13(5,6)16(8-2)9-3/h11-12,15H,7-10,14H2,1-6H3. The van der Waals surface area contributed by atoms with Gasteiger partial charge in [-0.25, -0.2) is 0 Å². The molecule has 0 aromatic carbocycles. The van der Waals surface area contributed by atoms with E-state index < -0.39 is 0 Å². The second kappa shape index (κ2) is 7.25. The lowest BCUT2D eigenvalue weighted by Crippen LogP contribution is -2.59. The Labute approximate surface area is 102 Å². The Bertz CT molecular complexity index is 176. The van der Waals surface area contributed by atoms with E-state index in [2.05, 4.69) is 51.9 Å². The first-order valence-electron chi connectivity index (χ1n) is 6.65. The maximum atomic E-state index is 5.73. The third-order valence-electron chi connectivity index (χ3n) is 3.97. The van der Waals surface area contributed by atoms with Crippen molar-refractivity contribution in [1.29, 1.82) is 0 Å². The van der Waals surface area contributed by atoms with Crippen molar-refractivity contribution in [2.75, 3.05) is 13.1 Å². The van der Waals surface area contributed by atoms with Gasteiger partial charge in [-0.3, -0.25) is 16.2 Å². The molecule has 0 aliphatic rings. The molecule has 0 amide bonds. The lowest BCUT2D eigenvalue weighted by atomic mass is 9.85. The molecule has 2 atom stereocenters. The maximum absolute atomic E-state index is 5.73. The highest BCUT2D eigenvalue weighted by molar-refractivity contribution is 4.92. The summed E-state index contributed by atoms with van der Waals surface area (Å²) in [5.74, 6) is 6.45. The van der Waals surface area contributed by atoms with Gasteiger partial charge in [0.1, 0.15) is 0 Å². The number of nitrogens with zero attached hydrogens (tertiary/aromatic N) is 1. The summed E-state index contributed by atoms with van der Waals surface area (Å²) in [6.07, 6.45) is 2.35. The Hall–Kier alpha value is -0.120. The number of hydrogen-bond donors (Lipinski definition) is 2. The summed E-state index contributed by atoms with van der Waals surface area (Å²) in [7, 11) is 0. The third kappa shape index (κ3) is 4.04. The highest BCUT2D eigenvalue weighted by Gasteiger charge is 2.33. The lowest BCUT2D eigenvalue weighted by Gasteiger charge is -2.44. The Morgan fingerprint density at radius 3 is 2.00 bits per heavy atom. The zero-order valence-corrected chi connectivity index (χ0v) is 12.0. The van der Waals surface area contributed by atoms with Gasteiger partial charge in [-0.15, -0.1) is 0 Å². The number of hydrazine groups is 1. The van der Waals surface area contributed by atoms with Gasteiger partial charge in [0.25, 0.3) is 0 Å². The van der Waals surface area contributed by atoms with Gasteiger partial charge in [0.15, 0.2) is 0 Å². The molecular formula is C13H31N3. The quantitative estimate of drug-likeness (QED) is 0.496. The summed E-state index contributed by atoms with van der Waals surface area (Å²) in [5.41, 5.74) is 3.13. The highest BCUT2D eigenvalue weighted by atomic mass is 15.3. The van der Waals surface area contributed by atoms with Gasteiger partial charge in [-0.05, 0) is 39.3 Å². The molecule has 3 N–H and O–H groups in total. The van der Waals surface area contributed by atoms with Gasteiger partial charge in [-0.2, -0.15) is 0 Å². The zero-order valence-electron chi connectivity index (χ0n) is 12.0. The Morgan fingerprint density at radius 1 is 1.19 bits per heavy atom. The molecule has 2 unspecified atom stereocenters. The van der Waals surface area contributed by atoms with Crippen LogP contribution in [0.1, 0.15) is 54.4 Å². The predicted molar refractivity (Wildman–Crippen MR) is 72.2 cm³/mol. The second-order valence-corrected chi connectivity index (χ2v) is 5.29. The second-order valence-electron chi connectivity index (χ2n) is 5.29.